The van der Waals surface area contributed by atoms with E-state index in [0.717, 1.165) is 4.31 Å². The lowest BCUT2D eigenvalue weighted by atomic mass is 10.2. The van der Waals surface area contributed by atoms with Gasteiger partial charge in [-0.3, -0.25) is 9.59 Å². The van der Waals surface area contributed by atoms with Crippen LogP contribution >= 0.6 is 11.6 Å². The minimum absolute atomic E-state index is 0.0398. The van der Waals surface area contributed by atoms with E-state index >= 15 is 0 Å². The summed E-state index contributed by atoms with van der Waals surface area (Å²) in [6.45, 7) is 0.520. The maximum atomic E-state index is 12.9. The van der Waals surface area contributed by atoms with Crippen LogP contribution in [0.5, 0.6) is 11.5 Å². The lowest BCUT2D eigenvalue weighted by Crippen LogP contribution is -2.42. The number of hydrogen-bond donors (Lipinski definition) is 1. The van der Waals surface area contributed by atoms with Gasteiger partial charge in [0.05, 0.1) is 4.90 Å². The topological polar surface area (TPSA) is 111 Å². The summed E-state index contributed by atoms with van der Waals surface area (Å²) in [6, 6.07) is 9.67. The van der Waals surface area contributed by atoms with Gasteiger partial charge in [0, 0.05) is 23.3 Å². The fourth-order valence-electron chi connectivity index (χ4n) is 3.56. The van der Waals surface area contributed by atoms with Gasteiger partial charge >= 0.3 is 5.97 Å². The Morgan fingerprint density at radius 1 is 1.09 bits per heavy atom. The summed E-state index contributed by atoms with van der Waals surface area (Å²) in [5.41, 5.74) is 0.461. The average Bonchev–Trinajstić information content (AvgIpc) is 3.29. The van der Waals surface area contributed by atoms with Crippen molar-refractivity contribution in [1.82, 2.24) is 4.31 Å². The van der Waals surface area contributed by atoms with Gasteiger partial charge in [-0.2, -0.15) is 4.31 Å². The fourth-order valence-corrected chi connectivity index (χ4v) is 5.33. The summed E-state index contributed by atoms with van der Waals surface area (Å²) in [5.74, 6) is -0.221. The molecule has 0 aliphatic carbocycles. The number of sulfonamides is 1. The molecule has 2 heterocycles. The Kier molecular flexibility index (Phi) is 6.54. The lowest BCUT2D eigenvalue weighted by Gasteiger charge is -2.22. The summed E-state index contributed by atoms with van der Waals surface area (Å²) < 4.78 is 43.0. The number of anilines is 1. The van der Waals surface area contributed by atoms with Crippen molar-refractivity contribution in [3.05, 3.63) is 47.5 Å². The molecule has 9 nitrogen and oxygen atoms in total. The molecule has 0 bridgehead atoms. The van der Waals surface area contributed by atoms with E-state index in [1.54, 1.807) is 18.2 Å². The van der Waals surface area contributed by atoms with Crippen molar-refractivity contribution < 1.29 is 32.2 Å². The van der Waals surface area contributed by atoms with Crippen LogP contribution in [0, 0.1) is 0 Å². The Balaban J connectivity index is 1.36. The molecule has 4 rings (SSSR count). The molecule has 1 fully saturated rings. The predicted octanol–water partition coefficient (Wildman–Crippen LogP) is 2.45. The van der Waals surface area contributed by atoms with Crippen molar-refractivity contribution in [2.75, 3.05) is 31.7 Å². The van der Waals surface area contributed by atoms with Crippen LogP contribution in [0.3, 0.4) is 0 Å². The Morgan fingerprint density at radius 3 is 2.56 bits per heavy atom. The molecule has 11 heteroatoms. The first-order valence-electron chi connectivity index (χ1n) is 9.98. The van der Waals surface area contributed by atoms with Gasteiger partial charge in [0.2, 0.25) is 10.0 Å². The van der Waals surface area contributed by atoms with E-state index in [4.69, 9.17) is 25.8 Å². The Hall–Kier alpha value is -2.82. The number of amides is 1. The molecule has 32 heavy (non-hydrogen) atoms. The number of rotatable bonds is 6. The molecule has 1 N–H and O–H groups in total. The van der Waals surface area contributed by atoms with Gasteiger partial charge in [-0.1, -0.05) is 11.6 Å². The number of nitrogens with one attached hydrogen (secondary N) is 1. The molecule has 0 radical (unpaired) electrons. The summed E-state index contributed by atoms with van der Waals surface area (Å²) in [7, 11) is -3.90. The van der Waals surface area contributed by atoms with Crippen LogP contribution in [0.15, 0.2) is 47.4 Å². The lowest BCUT2D eigenvalue weighted by molar-refractivity contribution is -0.150. The molecule has 170 valence electrons. The molecule has 1 unspecified atom stereocenters. The second kappa shape index (κ2) is 9.35. The van der Waals surface area contributed by atoms with E-state index in [2.05, 4.69) is 5.32 Å². The molecule has 0 saturated carbocycles. The maximum absolute atomic E-state index is 12.9. The van der Waals surface area contributed by atoms with Gasteiger partial charge in [-0.15, -0.1) is 0 Å². The van der Waals surface area contributed by atoms with Crippen LogP contribution in [0.2, 0.25) is 5.02 Å². The molecule has 2 aliphatic rings. The number of hydrogen-bond acceptors (Lipinski definition) is 7. The van der Waals surface area contributed by atoms with Crippen molar-refractivity contribution in [2.45, 2.75) is 23.8 Å². The van der Waals surface area contributed by atoms with E-state index in [-0.39, 0.29) is 11.4 Å². The Bertz CT molecular complexity index is 1120. The molecule has 2 aliphatic heterocycles. The molecular formula is C21H21ClN2O7S. The SMILES string of the molecule is O=C(COC(=O)C1CCCN1S(=O)(=O)c1ccc(Cl)cc1)Nc1ccc2c(c1)OCCO2. The molecule has 0 aromatic heterocycles. The highest BCUT2D eigenvalue weighted by molar-refractivity contribution is 7.89. The number of nitrogens with zero attached hydrogens (tertiary/aromatic N) is 1. The number of ether oxygens (including phenoxy) is 3. The van der Waals surface area contributed by atoms with E-state index in [0.29, 0.717) is 48.3 Å². The van der Waals surface area contributed by atoms with Gasteiger partial charge in [0.1, 0.15) is 19.3 Å². The van der Waals surface area contributed by atoms with E-state index in [1.165, 1.54) is 24.3 Å². The first-order valence-corrected chi connectivity index (χ1v) is 11.8. The largest absolute Gasteiger partial charge is 0.486 e. The van der Waals surface area contributed by atoms with Crippen molar-refractivity contribution >= 4 is 39.2 Å². The van der Waals surface area contributed by atoms with Crippen molar-refractivity contribution in [1.29, 1.82) is 0 Å². The van der Waals surface area contributed by atoms with Gasteiger partial charge in [0.15, 0.2) is 18.1 Å². The number of fused-ring (bicyclic) bond motifs is 1. The van der Waals surface area contributed by atoms with Crippen LogP contribution in [0.1, 0.15) is 12.8 Å². The highest BCUT2D eigenvalue weighted by Crippen LogP contribution is 2.32. The van der Waals surface area contributed by atoms with Gasteiger partial charge in [0.25, 0.3) is 5.91 Å². The third-order valence-electron chi connectivity index (χ3n) is 5.07. The number of carbonyl (C=O) groups excluding carboxylic acids is 2. The average molecular weight is 481 g/mol. The zero-order chi connectivity index (χ0) is 22.7. The van der Waals surface area contributed by atoms with E-state index < -0.39 is 34.5 Å². The second-order valence-corrected chi connectivity index (χ2v) is 9.57. The zero-order valence-electron chi connectivity index (χ0n) is 17.0. The quantitative estimate of drug-likeness (QED) is 0.632. The number of carbonyl (C=O) groups is 2. The second-order valence-electron chi connectivity index (χ2n) is 7.24. The molecule has 0 spiro atoms. The van der Waals surface area contributed by atoms with Crippen molar-refractivity contribution in [3.8, 4) is 11.5 Å². The highest BCUT2D eigenvalue weighted by Gasteiger charge is 2.40. The Labute approximate surface area is 190 Å². The smallest absolute Gasteiger partial charge is 0.324 e. The monoisotopic (exact) mass is 480 g/mol. The predicted molar refractivity (Wildman–Crippen MR) is 115 cm³/mol. The van der Waals surface area contributed by atoms with E-state index in [1.807, 2.05) is 0 Å². The van der Waals surface area contributed by atoms with Crippen LogP contribution in [-0.2, 0) is 24.3 Å². The standard InChI is InChI=1S/C21H21ClN2O7S/c22-14-3-6-16(7-4-14)32(27,28)24-9-1-2-17(24)21(26)31-13-20(25)23-15-5-8-18-19(12-15)30-11-10-29-18/h3-8,12,17H,1-2,9-11,13H2,(H,23,25). The van der Waals surface area contributed by atoms with Crippen molar-refractivity contribution in [3.63, 3.8) is 0 Å². The number of esters is 1. The maximum Gasteiger partial charge on any atom is 0.324 e. The van der Waals surface area contributed by atoms with Gasteiger partial charge in [-0.05, 0) is 49.2 Å². The summed E-state index contributed by atoms with van der Waals surface area (Å²) in [4.78, 5) is 24.8. The molecule has 1 atom stereocenters. The summed E-state index contributed by atoms with van der Waals surface area (Å²) >= 11 is 5.83. The van der Waals surface area contributed by atoms with Crippen LogP contribution in [0.4, 0.5) is 5.69 Å². The van der Waals surface area contributed by atoms with Crippen LogP contribution < -0.4 is 14.8 Å². The van der Waals surface area contributed by atoms with Crippen LogP contribution in [0.25, 0.3) is 0 Å². The Morgan fingerprint density at radius 2 is 1.81 bits per heavy atom. The summed E-state index contributed by atoms with van der Waals surface area (Å²) in [6.07, 6.45) is 0.825. The first-order chi connectivity index (χ1) is 15.3. The van der Waals surface area contributed by atoms with Gasteiger partial charge < -0.3 is 19.5 Å². The molecule has 1 amide bonds. The van der Waals surface area contributed by atoms with Gasteiger partial charge in [-0.25, -0.2) is 8.42 Å². The highest BCUT2D eigenvalue weighted by atomic mass is 35.5. The minimum atomic E-state index is -3.90. The minimum Gasteiger partial charge on any atom is -0.486 e. The number of benzene rings is 2. The number of halogens is 1. The normalized spacial score (nSPS) is 18.2. The third kappa shape index (κ3) is 4.82. The molecular weight excluding hydrogens is 460 g/mol. The third-order valence-corrected chi connectivity index (χ3v) is 7.24. The molecule has 2 aromatic rings. The van der Waals surface area contributed by atoms with Crippen molar-refractivity contribution in [2.24, 2.45) is 0 Å². The first kappa shape index (κ1) is 22.4. The zero-order valence-corrected chi connectivity index (χ0v) is 18.5. The fraction of sp³-hybridized carbons (Fsp3) is 0.333. The van der Waals surface area contributed by atoms with E-state index in [9.17, 15) is 18.0 Å². The summed E-state index contributed by atoms with van der Waals surface area (Å²) in [5, 5.41) is 3.02. The van der Waals surface area contributed by atoms with Crippen LogP contribution in [-0.4, -0.2) is 57.0 Å². The molecule has 1 saturated heterocycles. The molecule has 2 aromatic carbocycles.